The Hall–Kier alpha value is -2.38. The van der Waals surface area contributed by atoms with Crippen LogP contribution in [0.3, 0.4) is 0 Å². The summed E-state index contributed by atoms with van der Waals surface area (Å²) in [5, 5.41) is 0. The summed E-state index contributed by atoms with van der Waals surface area (Å²) in [6.07, 6.45) is 6.46. The van der Waals surface area contributed by atoms with Crippen molar-refractivity contribution in [2.45, 2.75) is 68.4 Å². The van der Waals surface area contributed by atoms with Crippen LogP contribution in [0.2, 0.25) is 0 Å². The second-order valence-corrected chi connectivity index (χ2v) is 10.6. The Labute approximate surface area is 187 Å². The minimum Gasteiger partial charge on any atom is -0.283 e. The van der Waals surface area contributed by atoms with Crippen LogP contribution in [0.25, 0.3) is 0 Å². The van der Waals surface area contributed by atoms with Gasteiger partial charge in [0.1, 0.15) is 0 Å². The van der Waals surface area contributed by atoms with E-state index in [0.29, 0.717) is 11.3 Å². The Kier molecular flexibility index (Phi) is 4.09. The van der Waals surface area contributed by atoms with Crippen molar-refractivity contribution in [3.8, 4) is 0 Å². The molecule has 0 amide bonds. The van der Waals surface area contributed by atoms with Crippen LogP contribution >= 0.6 is 0 Å². The van der Waals surface area contributed by atoms with Crippen molar-refractivity contribution in [1.29, 1.82) is 0 Å². The van der Waals surface area contributed by atoms with Crippen LogP contribution in [-0.4, -0.2) is 11.9 Å². The van der Waals surface area contributed by atoms with Gasteiger partial charge in [0.05, 0.1) is 5.54 Å². The fourth-order valence-electron chi connectivity index (χ4n) is 7.02. The highest BCUT2D eigenvalue weighted by atomic mass is 15.3. The number of hydrogen-bond donors (Lipinski definition) is 0. The first-order valence-corrected chi connectivity index (χ1v) is 12.0. The monoisotopic (exact) mass is 407 g/mol. The number of rotatable bonds is 4. The maximum absolute atomic E-state index is 2.67. The summed E-state index contributed by atoms with van der Waals surface area (Å²) in [7, 11) is 2.35. The molecule has 0 aromatic heterocycles. The van der Waals surface area contributed by atoms with Crippen LogP contribution < -0.4 is 0 Å². The zero-order chi connectivity index (χ0) is 21.3. The molecule has 2 heterocycles. The Morgan fingerprint density at radius 2 is 1.39 bits per heavy atom. The molecule has 158 valence electrons. The lowest BCUT2D eigenvalue weighted by Gasteiger charge is -2.40. The van der Waals surface area contributed by atoms with Gasteiger partial charge in [-0.3, -0.25) is 4.90 Å². The third kappa shape index (κ3) is 2.59. The number of nitrogens with zero attached hydrogens (tertiary/aromatic N) is 1. The van der Waals surface area contributed by atoms with E-state index in [9.17, 15) is 0 Å². The zero-order valence-corrected chi connectivity index (χ0v) is 19.1. The van der Waals surface area contributed by atoms with Crippen LogP contribution in [0.4, 0.5) is 0 Å². The first-order valence-electron chi connectivity index (χ1n) is 12.0. The summed E-state index contributed by atoms with van der Waals surface area (Å²) < 4.78 is 0. The third-order valence-electron chi connectivity index (χ3n) is 9.22. The van der Waals surface area contributed by atoms with Crippen molar-refractivity contribution in [3.05, 3.63) is 107 Å². The van der Waals surface area contributed by atoms with Gasteiger partial charge in [-0.25, -0.2) is 0 Å². The molecule has 1 fully saturated rings. The Bertz CT molecular complexity index is 1130. The van der Waals surface area contributed by atoms with E-state index in [0.717, 1.165) is 0 Å². The van der Waals surface area contributed by atoms with Crippen molar-refractivity contribution in [3.63, 3.8) is 0 Å². The van der Waals surface area contributed by atoms with Gasteiger partial charge >= 0.3 is 0 Å². The molecule has 2 bridgehead atoms. The lowest BCUT2D eigenvalue weighted by molar-refractivity contribution is 0.0682. The van der Waals surface area contributed by atoms with E-state index in [1.165, 1.54) is 48.8 Å². The van der Waals surface area contributed by atoms with Crippen molar-refractivity contribution in [1.82, 2.24) is 4.90 Å². The van der Waals surface area contributed by atoms with Gasteiger partial charge in [0, 0.05) is 5.54 Å². The Balaban J connectivity index is 1.42. The number of fused-ring (bicyclic) bond motifs is 7. The van der Waals surface area contributed by atoms with Crippen molar-refractivity contribution in [2.24, 2.45) is 0 Å². The molecule has 1 heteroatoms. The lowest BCUT2D eigenvalue weighted by atomic mass is 9.72. The van der Waals surface area contributed by atoms with E-state index in [1.807, 2.05) is 0 Å². The summed E-state index contributed by atoms with van der Waals surface area (Å²) in [4.78, 5) is 2.67. The zero-order valence-electron chi connectivity index (χ0n) is 19.1. The van der Waals surface area contributed by atoms with Gasteiger partial charge in [-0.1, -0.05) is 78.9 Å². The first-order chi connectivity index (χ1) is 15.0. The van der Waals surface area contributed by atoms with E-state index in [-0.39, 0.29) is 11.1 Å². The second-order valence-electron chi connectivity index (χ2n) is 10.6. The van der Waals surface area contributed by atoms with E-state index in [2.05, 4.69) is 105 Å². The van der Waals surface area contributed by atoms with Gasteiger partial charge in [-0.2, -0.15) is 0 Å². The fourth-order valence-corrected chi connectivity index (χ4v) is 7.02. The van der Waals surface area contributed by atoms with Crippen LogP contribution in [0.5, 0.6) is 0 Å². The molecule has 0 N–H and O–H groups in total. The summed E-state index contributed by atoms with van der Waals surface area (Å²) in [6, 6.07) is 29.8. The van der Waals surface area contributed by atoms with E-state index < -0.39 is 0 Å². The Morgan fingerprint density at radius 1 is 0.774 bits per heavy atom. The molecular weight excluding hydrogens is 374 g/mol. The van der Waals surface area contributed by atoms with Crippen LogP contribution in [0.15, 0.2) is 78.9 Å². The van der Waals surface area contributed by atoms with Crippen LogP contribution in [0, 0.1) is 0 Å². The molecule has 6 rings (SSSR count). The summed E-state index contributed by atoms with van der Waals surface area (Å²) in [5.74, 6) is 0.597. The summed E-state index contributed by atoms with van der Waals surface area (Å²) in [6.45, 7) is 4.94. The topological polar surface area (TPSA) is 3.24 Å². The minimum absolute atomic E-state index is 0.0621. The summed E-state index contributed by atoms with van der Waals surface area (Å²) >= 11 is 0. The highest BCUT2D eigenvalue weighted by Crippen LogP contribution is 2.60. The van der Waals surface area contributed by atoms with Crippen LogP contribution in [0.1, 0.15) is 79.7 Å². The fraction of sp³-hybridized carbons (Fsp3) is 0.400. The van der Waals surface area contributed by atoms with Gasteiger partial charge in [-0.15, -0.1) is 0 Å². The largest absolute Gasteiger partial charge is 0.283 e. The molecule has 3 atom stereocenters. The molecule has 1 aliphatic carbocycles. The average molecular weight is 408 g/mol. The molecule has 1 saturated carbocycles. The minimum atomic E-state index is -0.0621. The van der Waals surface area contributed by atoms with Gasteiger partial charge < -0.3 is 0 Å². The Morgan fingerprint density at radius 3 is 2.10 bits per heavy atom. The summed E-state index contributed by atoms with van der Waals surface area (Å²) in [5.41, 5.74) is 8.11. The van der Waals surface area contributed by atoms with E-state index in [1.54, 1.807) is 11.1 Å². The lowest BCUT2D eigenvalue weighted by Crippen LogP contribution is -2.45. The normalized spacial score (nSPS) is 30.4. The predicted molar refractivity (Wildman–Crippen MR) is 128 cm³/mol. The third-order valence-corrected chi connectivity index (χ3v) is 9.22. The molecule has 3 aromatic rings. The second kappa shape index (κ2) is 6.56. The van der Waals surface area contributed by atoms with Gasteiger partial charge in [0.25, 0.3) is 0 Å². The molecular formula is C30H33N. The predicted octanol–water partition coefficient (Wildman–Crippen LogP) is 7.11. The number of hydrogen-bond acceptors (Lipinski definition) is 1. The molecule has 1 nitrogen and oxygen atoms in total. The molecule has 3 aliphatic rings. The molecule has 0 saturated heterocycles. The molecule has 0 unspecified atom stereocenters. The smallest absolute Gasteiger partial charge is 0.0697 e. The molecule has 0 radical (unpaired) electrons. The average Bonchev–Trinajstić information content (AvgIpc) is 3.60. The van der Waals surface area contributed by atoms with E-state index in [4.69, 9.17) is 0 Å². The van der Waals surface area contributed by atoms with Crippen molar-refractivity contribution >= 4 is 0 Å². The van der Waals surface area contributed by atoms with Crippen molar-refractivity contribution < 1.29 is 0 Å². The molecule has 31 heavy (non-hydrogen) atoms. The maximum Gasteiger partial charge on any atom is 0.0697 e. The highest BCUT2D eigenvalue weighted by molar-refractivity contribution is 5.55. The SMILES string of the molecule is CN1[C@@]2(C)c3ccccc3[C@H](CCC3(c4ccccc4)CC3)C[C@]1(C)c1ccccc12. The first kappa shape index (κ1) is 19.3. The maximum atomic E-state index is 2.67. The van der Waals surface area contributed by atoms with Gasteiger partial charge in [-0.05, 0) is 92.1 Å². The van der Waals surface area contributed by atoms with Crippen LogP contribution in [-0.2, 0) is 16.5 Å². The van der Waals surface area contributed by atoms with Crippen molar-refractivity contribution in [2.75, 3.05) is 7.05 Å². The van der Waals surface area contributed by atoms with Gasteiger partial charge in [0.15, 0.2) is 0 Å². The van der Waals surface area contributed by atoms with E-state index >= 15 is 0 Å². The molecule has 2 aliphatic heterocycles. The van der Waals surface area contributed by atoms with Gasteiger partial charge in [0.2, 0.25) is 0 Å². The molecule has 0 spiro atoms. The standard InChI is InChI=1S/C30H33N/c1-28-21-22(17-18-30(19-20-30)23-11-5-4-6-12-23)24-13-7-8-14-25(24)29(2,31(28)3)27-16-10-9-15-26(27)28/h4-16,22H,17-21H2,1-3H3/t22-,28-,29+/m1/s1. The molecule has 3 aromatic carbocycles. The quantitative estimate of drug-likeness (QED) is 0.445. The highest BCUT2D eigenvalue weighted by Gasteiger charge is 2.56. The number of benzene rings is 3.